The van der Waals surface area contributed by atoms with Gasteiger partial charge in [0, 0.05) is 11.1 Å². The monoisotopic (exact) mass is 223 g/mol. The first-order valence-electron chi connectivity index (χ1n) is 5.66. The highest BCUT2D eigenvalue weighted by Crippen LogP contribution is 2.22. The lowest BCUT2D eigenvalue weighted by Gasteiger charge is -2.14. The second-order valence-electron chi connectivity index (χ2n) is 4.50. The Morgan fingerprint density at radius 3 is 2.87 bits per heavy atom. The van der Waals surface area contributed by atoms with Gasteiger partial charge >= 0.3 is 0 Å². The van der Waals surface area contributed by atoms with Crippen LogP contribution in [0.1, 0.15) is 29.5 Å². The van der Waals surface area contributed by atoms with Crippen molar-refractivity contribution >= 4 is 11.6 Å². The predicted octanol–water partition coefficient (Wildman–Crippen LogP) is 3.25. The van der Waals surface area contributed by atoms with E-state index in [1.165, 1.54) is 36.1 Å². The SMILES string of the molecule is Cc1cc(Cl)cc(CC2CCCN2)c1C. The van der Waals surface area contributed by atoms with Crippen LogP contribution in [0.2, 0.25) is 5.02 Å². The normalized spacial score (nSPS) is 20.9. The Morgan fingerprint density at radius 1 is 1.40 bits per heavy atom. The van der Waals surface area contributed by atoms with E-state index in [0.29, 0.717) is 6.04 Å². The van der Waals surface area contributed by atoms with Gasteiger partial charge in [0.25, 0.3) is 0 Å². The zero-order valence-electron chi connectivity index (χ0n) is 9.44. The van der Waals surface area contributed by atoms with Crippen LogP contribution in [0.25, 0.3) is 0 Å². The number of halogens is 1. The van der Waals surface area contributed by atoms with E-state index >= 15 is 0 Å². The quantitative estimate of drug-likeness (QED) is 0.812. The van der Waals surface area contributed by atoms with Crippen LogP contribution in [0.15, 0.2) is 12.1 Å². The summed E-state index contributed by atoms with van der Waals surface area (Å²) in [5.74, 6) is 0. The predicted molar refractivity (Wildman–Crippen MR) is 65.7 cm³/mol. The van der Waals surface area contributed by atoms with Crippen LogP contribution in [0.3, 0.4) is 0 Å². The maximum atomic E-state index is 6.09. The first kappa shape index (κ1) is 11.0. The molecule has 1 aromatic rings. The van der Waals surface area contributed by atoms with Crippen LogP contribution in [-0.4, -0.2) is 12.6 Å². The second kappa shape index (κ2) is 4.54. The largest absolute Gasteiger partial charge is 0.314 e. The highest BCUT2D eigenvalue weighted by Gasteiger charge is 2.16. The minimum Gasteiger partial charge on any atom is -0.314 e. The molecule has 1 N–H and O–H groups in total. The van der Waals surface area contributed by atoms with Crippen LogP contribution < -0.4 is 5.32 Å². The van der Waals surface area contributed by atoms with Crippen molar-refractivity contribution in [3.63, 3.8) is 0 Å². The van der Waals surface area contributed by atoms with E-state index in [-0.39, 0.29) is 0 Å². The van der Waals surface area contributed by atoms with Gasteiger partial charge in [0.15, 0.2) is 0 Å². The van der Waals surface area contributed by atoms with Gasteiger partial charge in [-0.1, -0.05) is 11.6 Å². The van der Waals surface area contributed by atoms with Crippen LogP contribution in [0.5, 0.6) is 0 Å². The molecule has 0 aromatic heterocycles. The number of rotatable bonds is 2. The lowest BCUT2D eigenvalue weighted by atomic mass is 9.97. The third kappa shape index (κ3) is 2.53. The van der Waals surface area contributed by atoms with E-state index < -0.39 is 0 Å². The van der Waals surface area contributed by atoms with Gasteiger partial charge in [-0.15, -0.1) is 0 Å². The highest BCUT2D eigenvalue weighted by molar-refractivity contribution is 6.30. The van der Waals surface area contributed by atoms with E-state index in [1.54, 1.807) is 0 Å². The fourth-order valence-electron chi connectivity index (χ4n) is 2.29. The maximum absolute atomic E-state index is 6.09. The summed E-state index contributed by atoms with van der Waals surface area (Å²) in [6, 6.07) is 4.81. The molecule has 1 fully saturated rings. The van der Waals surface area contributed by atoms with Crippen LogP contribution in [0.4, 0.5) is 0 Å². The van der Waals surface area contributed by atoms with Gasteiger partial charge in [0.2, 0.25) is 0 Å². The Hall–Kier alpha value is -0.530. The molecule has 82 valence electrons. The topological polar surface area (TPSA) is 12.0 Å². The molecule has 1 nitrogen and oxygen atoms in total. The van der Waals surface area contributed by atoms with E-state index in [9.17, 15) is 0 Å². The number of aryl methyl sites for hydroxylation is 1. The van der Waals surface area contributed by atoms with Crippen molar-refractivity contribution in [2.24, 2.45) is 0 Å². The molecular weight excluding hydrogens is 206 g/mol. The van der Waals surface area contributed by atoms with Crippen molar-refractivity contribution in [2.75, 3.05) is 6.54 Å². The molecule has 1 aliphatic rings. The van der Waals surface area contributed by atoms with Crippen LogP contribution in [0, 0.1) is 13.8 Å². The Labute approximate surface area is 96.8 Å². The fourth-order valence-corrected chi connectivity index (χ4v) is 2.59. The smallest absolute Gasteiger partial charge is 0.0411 e. The summed E-state index contributed by atoms with van der Waals surface area (Å²) < 4.78 is 0. The standard InChI is InChI=1S/C13H18ClN/c1-9-6-12(14)7-11(10(9)2)8-13-4-3-5-15-13/h6-7,13,15H,3-5,8H2,1-2H3. The molecule has 2 rings (SSSR count). The molecule has 1 atom stereocenters. The Bertz CT molecular complexity index is 354. The molecule has 0 bridgehead atoms. The molecule has 0 aliphatic carbocycles. The molecule has 1 heterocycles. The first-order valence-corrected chi connectivity index (χ1v) is 6.03. The number of hydrogen-bond acceptors (Lipinski definition) is 1. The van der Waals surface area contributed by atoms with Gasteiger partial charge in [0.1, 0.15) is 0 Å². The van der Waals surface area contributed by atoms with Gasteiger partial charge < -0.3 is 5.32 Å². The summed E-state index contributed by atoms with van der Waals surface area (Å²) in [4.78, 5) is 0. The minimum atomic E-state index is 0.654. The highest BCUT2D eigenvalue weighted by atomic mass is 35.5. The lowest BCUT2D eigenvalue weighted by Crippen LogP contribution is -2.24. The minimum absolute atomic E-state index is 0.654. The molecule has 1 unspecified atom stereocenters. The zero-order valence-corrected chi connectivity index (χ0v) is 10.2. The second-order valence-corrected chi connectivity index (χ2v) is 4.94. The molecule has 1 saturated heterocycles. The summed E-state index contributed by atoms with van der Waals surface area (Å²) in [5.41, 5.74) is 4.10. The lowest BCUT2D eigenvalue weighted by molar-refractivity contribution is 0.601. The van der Waals surface area contributed by atoms with Crippen LogP contribution in [-0.2, 0) is 6.42 Å². The average molecular weight is 224 g/mol. The van der Waals surface area contributed by atoms with Gasteiger partial charge in [-0.2, -0.15) is 0 Å². The molecule has 1 aromatic carbocycles. The first-order chi connectivity index (χ1) is 7.16. The Kier molecular flexibility index (Phi) is 3.32. The summed E-state index contributed by atoms with van der Waals surface area (Å²) in [6.07, 6.45) is 3.72. The number of hydrogen-bond donors (Lipinski definition) is 1. The van der Waals surface area contributed by atoms with E-state index in [0.717, 1.165) is 11.4 Å². The van der Waals surface area contributed by atoms with E-state index in [4.69, 9.17) is 11.6 Å². The summed E-state index contributed by atoms with van der Waals surface area (Å²) in [6.45, 7) is 5.49. The van der Waals surface area contributed by atoms with Gasteiger partial charge in [-0.05, 0) is 68.5 Å². The molecule has 1 aliphatic heterocycles. The van der Waals surface area contributed by atoms with Crippen molar-refractivity contribution in [2.45, 2.75) is 39.2 Å². The number of benzene rings is 1. The molecule has 0 saturated carbocycles. The van der Waals surface area contributed by atoms with Crippen molar-refractivity contribution in [1.82, 2.24) is 5.32 Å². The molecular formula is C13H18ClN. The van der Waals surface area contributed by atoms with Gasteiger partial charge in [-0.3, -0.25) is 0 Å². The molecule has 0 radical (unpaired) electrons. The van der Waals surface area contributed by atoms with E-state index in [2.05, 4.69) is 25.2 Å². The fraction of sp³-hybridized carbons (Fsp3) is 0.538. The van der Waals surface area contributed by atoms with Crippen LogP contribution >= 0.6 is 11.6 Å². The maximum Gasteiger partial charge on any atom is 0.0411 e. The summed E-state index contributed by atoms with van der Waals surface area (Å²) in [7, 11) is 0. The third-order valence-corrected chi connectivity index (χ3v) is 3.59. The van der Waals surface area contributed by atoms with Gasteiger partial charge in [0.05, 0.1) is 0 Å². The summed E-state index contributed by atoms with van der Waals surface area (Å²) >= 11 is 6.09. The molecule has 2 heteroatoms. The Morgan fingerprint density at radius 2 is 2.20 bits per heavy atom. The zero-order chi connectivity index (χ0) is 10.8. The van der Waals surface area contributed by atoms with Crippen molar-refractivity contribution in [3.8, 4) is 0 Å². The van der Waals surface area contributed by atoms with Crippen molar-refractivity contribution in [1.29, 1.82) is 0 Å². The average Bonchev–Trinajstić information content (AvgIpc) is 2.66. The molecule has 0 spiro atoms. The number of nitrogens with one attached hydrogen (secondary N) is 1. The van der Waals surface area contributed by atoms with Crippen molar-refractivity contribution < 1.29 is 0 Å². The third-order valence-electron chi connectivity index (χ3n) is 3.37. The summed E-state index contributed by atoms with van der Waals surface area (Å²) in [5, 5.41) is 4.39. The molecule has 0 amide bonds. The molecule has 15 heavy (non-hydrogen) atoms. The van der Waals surface area contributed by atoms with E-state index in [1.807, 2.05) is 6.07 Å². The van der Waals surface area contributed by atoms with Gasteiger partial charge in [-0.25, -0.2) is 0 Å². The van der Waals surface area contributed by atoms with Crippen molar-refractivity contribution in [3.05, 3.63) is 33.8 Å². The Balaban J connectivity index is 2.19.